The molecule has 2 rings (SSSR count). The predicted octanol–water partition coefficient (Wildman–Crippen LogP) is 2.47. The Labute approximate surface area is 110 Å². The first kappa shape index (κ1) is 11.9. The fourth-order valence-corrected chi connectivity index (χ4v) is 1.82. The minimum absolute atomic E-state index is 0.301. The first-order valence-corrected chi connectivity index (χ1v) is 5.78. The third-order valence-corrected chi connectivity index (χ3v) is 2.92. The Kier molecular flexibility index (Phi) is 3.62. The van der Waals surface area contributed by atoms with Crippen LogP contribution < -0.4 is 5.32 Å². The highest BCUT2D eigenvalue weighted by atomic mass is 127. The van der Waals surface area contributed by atoms with E-state index in [9.17, 15) is 9.18 Å². The standard InChI is InChI=1S/C11H7FIN3O/c12-8-1-2-10(9(13)5-8)16-11(17)7-3-4-14-15-6-7/h1-6H,(H,16,17). The van der Waals surface area contributed by atoms with E-state index in [0.29, 0.717) is 14.8 Å². The first-order chi connectivity index (χ1) is 8.16. The summed E-state index contributed by atoms with van der Waals surface area (Å²) in [4.78, 5) is 11.8. The Morgan fingerprint density at radius 2 is 2.12 bits per heavy atom. The number of hydrogen-bond acceptors (Lipinski definition) is 3. The maximum Gasteiger partial charge on any atom is 0.257 e. The van der Waals surface area contributed by atoms with Crippen LogP contribution in [0.5, 0.6) is 0 Å². The molecule has 0 saturated heterocycles. The molecule has 6 heteroatoms. The van der Waals surface area contributed by atoms with Gasteiger partial charge >= 0.3 is 0 Å². The Hall–Kier alpha value is -1.57. The molecule has 17 heavy (non-hydrogen) atoms. The molecule has 1 aromatic heterocycles. The Bertz CT molecular complexity index is 548. The van der Waals surface area contributed by atoms with Crippen LogP contribution in [-0.4, -0.2) is 16.1 Å². The van der Waals surface area contributed by atoms with Crippen LogP contribution in [0.4, 0.5) is 10.1 Å². The number of benzene rings is 1. The SMILES string of the molecule is O=C(Nc1ccc(F)cc1I)c1ccnnc1. The fraction of sp³-hybridized carbons (Fsp3) is 0. The van der Waals surface area contributed by atoms with Crippen molar-refractivity contribution in [2.75, 3.05) is 5.32 Å². The lowest BCUT2D eigenvalue weighted by molar-refractivity contribution is 0.102. The number of anilines is 1. The lowest BCUT2D eigenvalue weighted by atomic mass is 10.2. The summed E-state index contributed by atoms with van der Waals surface area (Å²) in [6, 6.07) is 5.71. The summed E-state index contributed by atoms with van der Waals surface area (Å²) in [5.41, 5.74) is 0.967. The Morgan fingerprint density at radius 1 is 1.29 bits per heavy atom. The summed E-state index contributed by atoms with van der Waals surface area (Å²) in [6.07, 6.45) is 2.80. The van der Waals surface area contributed by atoms with Crippen LogP contribution in [-0.2, 0) is 0 Å². The van der Waals surface area contributed by atoms with Gasteiger partial charge in [0.15, 0.2) is 0 Å². The van der Waals surface area contributed by atoms with E-state index in [4.69, 9.17) is 0 Å². The lowest BCUT2D eigenvalue weighted by Crippen LogP contribution is -2.13. The van der Waals surface area contributed by atoms with E-state index in [1.165, 1.54) is 30.6 Å². The number of nitrogens with zero attached hydrogens (tertiary/aromatic N) is 2. The van der Waals surface area contributed by atoms with E-state index in [1.807, 2.05) is 22.6 Å². The van der Waals surface area contributed by atoms with Crippen LogP contribution >= 0.6 is 22.6 Å². The Morgan fingerprint density at radius 3 is 2.76 bits per heavy atom. The zero-order valence-corrected chi connectivity index (χ0v) is 10.7. The quantitative estimate of drug-likeness (QED) is 0.853. The van der Waals surface area contributed by atoms with E-state index >= 15 is 0 Å². The fourth-order valence-electron chi connectivity index (χ4n) is 1.21. The van der Waals surface area contributed by atoms with Crippen molar-refractivity contribution in [2.45, 2.75) is 0 Å². The second kappa shape index (κ2) is 5.17. The lowest BCUT2D eigenvalue weighted by Gasteiger charge is -2.06. The smallest absolute Gasteiger partial charge is 0.257 e. The third kappa shape index (κ3) is 2.96. The first-order valence-electron chi connectivity index (χ1n) is 4.70. The van der Waals surface area contributed by atoms with Crippen LogP contribution in [0.1, 0.15) is 10.4 Å². The average Bonchev–Trinajstić information content (AvgIpc) is 2.34. The van der Waals surface area contributed by atoms with Crippen molar-refractivity contribution in [3.05, 3.63) is 51.6 Å². The predicted molar refractivity (Wildman–Crippen MR) is 69.1 cm³/mol. The summed E-state index contributed by atoms with van der Waals surface area (Å²) < 4.78 is 13.5. The molecule has 0 bridgehead atoms. The number of hydrogen-bond donors (Lipinski definition) is 1. The largest absolute Gasteiger partial charge is 0.321 e. The molecule has 4 nitrogen and oxygen atoms in total. The zero-order valence-electron chi connectivity index (χ0n) is 8.52. The van der Waals surface area contributed by atoms with Crippen molar-refractivity contribution in [2.24, 2.45) is 0 Å². The molecule has 0 unspecified atom stereocenters. The second-order valence-corrected chi connectivity index (χ2v) is 4.37. The van der Waals surface area contributed by atoms with Gasteiger partial charge in [0.05, 0.1) is 23.6 Å². The van der Waals surface area contributed by atoms with Crippen LogP contribution in [0.3, 0.4) is 0 Å². The Balaban J connectivity index is 2.19. The highest BCUT2D eigenvalue weighted by molar-refractivity contribution is 14.1. The molecule has 1 N–H and O–H groups in total. The molecular formula is C11H7FIN3O. The monoisotopic (exact) mass is 343 g/mol. The van der Waals surface area contributed by atoms with Crippen LogP contribution in [0, 0.1) is 9.39 Å². The second-order valence-electron chi connectivity index (χ2n) is 3.21. The van der Waals surface area contributed by atoms with E-state index in [-0.39, 0.29) is 11.7 Å². The van der Waals surface area contributed by atoms with E-state index in [2.05, 4.69) is 15.5 Å². The number of rotatable bonds is 2. The van der Waals surface area contributed by atoms with Gasteiger partial charge in [-0.2, -0.15) is 10.2 Å². The molecule has 0 aliphatic heterocycles. The van der Waals surface area contributed by atoms with E-state index in [0.717, 1.165) is 0 Å². The van der Waals surface area contributed by atoms with Gasteiger partial charge in [-0.25, -0.2) is 4.39 Å². The highest BCUT2D eigenvalue weighted by Gasteiger charge is 2.08. The molecule has 0 spiro atoms. The normalized spacial score (nSPS) is 10.0. The number of aromatic nitrogens is 2. The van der Waals surface area contributed by atoms with E-state index < -0.39 is 0 Å². The highest BCUT2D eigenvalue weighted by Crippen LogP contribution is 2.19. The summed E-state index contributed by atoms with van der Waals surface area (Å²) in [5.74, 6) is -0.637. The maximum atomic E-state index is 12.9. The molecule has 86 valence electrons. The zero-order chi connectivity index (χ0) is 12.3. The van der Waals surface area contributed by atoms with Gasteiger partial charge < -0.3 is 5.32 Å². The van der Waals surface area contributed by atoms with Crippen molar-refractivity contribution in [1.82, 2.24) is 10.2 Å². The molecule has 0 aliphatic carbocycles. The summed E-state index contributed by atoms with van der Waals surface area (Å²) in [6.45, 7) is 0. The van der Waals surface area contributed by atoms with E-state index in [1.54, 1.807) is 6.07 Å². The molecule has 1 heterocycles. The van der Waals surface area contributed by atoms with Crippen LogP contribution in [0.25, 0.3) is 0 Å². The van der Waals surface area contributed by atoms with Crippen molar-refractivity contribution in [3.63, 3.8) is 0 Å². The number of carbonyl (C=O) groups excluding carboxylic acids is 1. The van der Waals surface area contributed by atoms with Crippen molar-refractivity contribution < 1.29 is 9.18 Å². The molecule has 1 aromatic carbocycles. The van der Waals surface area contributed by atoms with Crippen LogP contribution in [0.15, 0.2) is 36.7 Å². The summed E-state index contributed by atoms with van der Waals surface area (Å²) in [7, 11) is 0. The molecule has 0 saturated carbocycles. The molecule has 2 aromatic rings. The van der Waals surface area contributed by atoms with Gasteiger partial charge in [0.2, 0.25) is 0 Å². The van der Waals surface area contributed by atoms with Gasteiger partial charge in [0.25, 0.3) is 5.91 Å². The number of halogens is 2. The van der Waals surface area contributed by atoms with Gasteiger partial charge in [-0.15, -0.1) is 0 Å². The summed E-state index contributed by atoms with van der Waals surface area (Å²) >= 11 is 1.96. The minimum Gasteiger partial charge on any atom is -0.321 e. The molecule has 0 aliphatic rings. The van der Waals surface area contributed by atoms with Crippen molar-refractivity contribution in [1.29, 1.82) is 0 Å². The van der Waals surface area contributed by atoms with Gasteiger partial charge in [-0.1, -0.05) is 0 Å². The number of carbonyl (C=O) groups is 1. The number of amides is 1. The van der Waals surface area contributed by atoms with Crippen LogP contribution in [0.2, 0.25) is 0 Å². The number of nitrogens with one attached hydrogen (secondary N) is 1. The summed E-state index contributed by atoms with van der Waals surface area (Å²) in [5, 5.41) is 9.87. The van der Waals surface area contributed by atoms with Gasteiger partial charge in [-0.05, 0) is 46.9 Å². The van der Waals surface area contributed by atoms with Gasteiger partial charge in [0.1, 0.15) is 5.82 Å². The third-order valence-electron chi connectivity index (χ3n) is 2.03. The molecule has 0 atom stereocenters. The van der Waals surface area contributed by atoms with Crippen molar-refractivity contribution >= 4 is 34.2 Å². The van der Waals surface area contributed by atoms with Crippen molar-refractivity contribution in [3.8, 4) is 0 Å². The molecule has 0 radical (unpaired) electrons. The average molecular weight is 343 g/mol. The molecular weight excluding hydrogens is 336 g/mol. The topological polar surface area (TPSA) is 54.9 Å². The molecule has 0 fully saturated rings. The van der Waals surface area contributed by atoms with Gasteiger partial charge in [-0.3, -0.25) is 4.79 Å². The minimum atomic E-state index is -0.335. The molecule has 1 amide bonds. The maximum absolute atomic E-state index is 12.9. The van der Waals surface area contributed by atoms with Gasteiger partial charge in [0, 0.05) is 3.57 Å².